The van der Waals surface area contributed by atoms with Gasteiger partial charge >= 0.3 is 0 Å². The third kappa shape index (κ3) is 2.91. The third-order valence-electron chi connectivity index (χ3n) is 6.80. The third-order valence-corrected chi connectivity index (χ3v) is 6.80. The lowest BCUT2D eigenvalue weighted by Gasteiger charge is -2.56. The van der Waals surface area contributed by atoms with Gasteiger partial charge in [-0.2, -0.15) is 0 Å². The van der Waals surface area contributed by atoms with Crippen molar-refractivity contribution in [3.63, 3.8) is 0 Å². The lowest BCUT2D eigenvalue weighted by atomic mass is 9.64. The highest BCUT2D eigenvalue weighted by atomic mass is 16.3. The number of aliphatic hydroxyl groups excluding tert-OH is 1. The highest BCUT2D eigenvalue weighted by molar-refractivity contribution is 5.85. The SMILES string of the molecule is CCC[C@@]1(CO)CC[C@]2(Cc3ccccc3)c3ccc(O)cc3CCN2C1=O. The number of fused-ring (bicyclic) bond motifs is 3. The molecule has 0 bridgehead atoms. The summed E-state index contributed by atoms with van der Waals surface area (Å²) in [6.45, 7) is 2.62. The molecule has 0 aromatic heterocycles. The van der Waals surface area contributed by atoms with Gasteiger partial charge in [0.05, 0.1) is 17.6 Å². The van der Waals surface area contributed by atoms with E-state index in [1.807, 2.05) is 30.3 Å². The minimum absolute atomic E-state index is 0.0833. The number of piperidine rings is 1. The summed E-state index contributed by atoms with van der Waals surface area (Å²) in [5, 5.41) is 20.1. The molecule has 4 nitrogen and oxygen atoms in total. The van der Waals surface area contributed by atoms with Gasteiger partial charge in [-0.05, 0) is 60.9 Å². The Bertz CT molecular complexity index is 865. The van der Waals surface area contributed by atoms with E-state index in [1.165, 1.54) is 5.56 Å². The lowest BCUT2D eigenvalue weighted by molar-refractivity contribution is -0.163. The van der Waals surface area contributed by atoms with E-state index in [9.17, 15) is 15.0 Å². The maximum absolute atomic E-state index is 13.7. The second-order valence-corrected chi connectivity index (χ2v) is 8.43. The van der Waals surface area contributed by atoms with Crippen LogP contribution in [0.2, 0.25) is 0 Å². The fourth-order valence-corrected chi connectivity index (χ4v) is 5.39. The van der Waals surface area contributed by atoms with Crippen molar-refractivity contribution in [3.05, 3.63) is 65.2 Å². The van der Waals surface area contributed by atoms with E-state index >= 15 is 0 Å². The predicted molar refractivity (Wildman–Crippen MR) is 109 cm³/mol. The monoisotopic (exact) mass is 379 g/mol. The second-order valence-electron chi connectivity index (χ2n) is 8.43. The van der Waals surface area contributed by atoms with Crippen LogP contribution in [0.25, 0.3) is 0 Å². The van der Waals surface area contributed by atoms with Gasteiger partial charge in [0, 0.05) is 6.54 Å². The minimum Gasteiger partial charge on any atom is -0.508 e. The summed E-state index contributed by atoms with van der Waals surface area (Å²) in [4.78, 5) is 15.7. The van der Waals surface area contributed by atoms with Gasteiger partial charge in [-0.15, -0.1) is 0 Å². The van der Waals surface area contributed by atoms with Crippen molar-refractivity contribution in [2.75, 3.05) is 13.2 Å². The van der Waals surface area contributed by atoms with Crippen molar-refractivity contribution < 1.29 is 15.0 Å². The van der Waals surface area contributed by atoms with Crippen LogP contribution in [0.5, 0.6) is 5.75 Å². The molecular formula is C24H29NO3. The average molecular weight is 380 g/mol. The number of phenols is 1. The molecular weight excluding hydrogens is 350 g/mol. The molecule has 1 amide bonds. The first-order chi connectivity index (χ1) is 13.5. The van der Waals surface area contributed by atoms with Crippen molar-refractivity contribution in [1.29, 1.82) is 0 Å². The Balaban J connectivity index is 1.83. The number of amides is 1. The number of aromatic hydroxyl groups is 1. The number of rotatable bonds is 5. The Kier molecular flexibility index (Phi) is 4.92. The molecule has 0 radical (unpaired) electrons. The Hall–Kier alpha value is -2.33. The molecule has 0 spiro atoms. The topological polar surface area (TPSA) is 60.8 Å². The highest BCUT2D eigenvalue weighted by Crippen LogP contribution is 2.51. The number of benzene rings is 2. The molecule has 2 N–H and O–H groups in total. The number of aliphatic hydroxyl groups is 1. The summed E-state index contributed by atoms with van der Waals surface area (Å²) >= 11 is 0. The van der Waals surface area contributed by atoms with Crippen molar-refractivity contribution in [2.24, 2.45) is 5.41 Å². The van der Waals surface area contributed by atoms with Gasteiger partial charge in [-0.25, -0.2) is 0 Å². The van der Waals surface area contributed by atoms with Gasteiger partial charge < -0.3 is 15.1 Å². The molecule has 2 aromatic rings. The molecule has 2 heterocycles. The van der Waals surface area contributed by atoms with Crippen molar-refractivity contribution >= 4 is 5.91 Å². The maximum atomic E-state index is 13.7. The first-order valence-electron chi connectivity index (χ1n) is 10.3. The van der Waals surface area contributed by atoms with Gasteiger partial charge in [0.1, 0.15) is 5.75 Å². The zero-order valence-electron chi connectivity index (χ0n) is 16.5. The average Bonchev–Trinajstić information content (AvgIpc) is 2.71. The quantitative estimate of drug-likeness (QED) is 0.831. The van der Waals surface area contributed by atoms with Gasteiger partial charge in [0.25, 0.3) is 0 Å². The Morgan fingerprint density at radius 3 is 2.61 bits per heavy atom. The van der Waals surface area contributed by atoms with Gasteiger partial charge in [-0.1, -0.05) is 49.7 Å². The summed E-state index contributed by atoms with van der Waals surface area (Å²) < 4.78 is 0. The Labute approximate surface area is 166 Å². The van der Waals surface area contributed by atoms with Crippen LogP contribution < -0.4 is 0 Å². The molecule has 4 rings (SSSR count). The zero-order chi connectivity index (χ0) is 19.8. The van der Waals surface area contributed by atoms with E-state index in [0.717, 1.165) is 43.2 Å². The van der Waals surface area contributed by atoms with Crippen LogP contribution in [0.1, 0.15) is 49.3 Å². The molecule has 2 aliphatic heterocycles. The zero-order valence-corrected chi connectivity index (χ0v) is 16.5. The summed E-state index contributed by atoms with van der Waals surface area (Å²) in [6.07, 6.45) is 4.62. The predicted octanol–water partition coefficient (Wildman–Crippen LogP) is 3.79. The molecule has 28 heavy (non-hydrogen) atoms. The minimum atomic E-state index is -0.649. The van der Waals surface area contributed by atoms with E-state index in [1.54, 1.807) is 6.07 Å². The molecule has 2 aliphatic rings. The van der Waals surface area contributed by atoms with Crippen molar-refractivity contribution in [2.45, 2.75) is 51.0 Å². The first kappa shape index (κ1) is 19.0. The number of hydrogen-bond acceptors (Lipinski definition) is 3. The smallest absolute Gasteiger partial charge is 0.231 e. The van der Waals surface area contributed by atoms with Gasteiger partial charge in [-0.3, -0.25) is 4.79 Å². The van der Waals surface area contributed by atoms with Gasteiger partial charge in [0.15, 0.2) is 0 Å². The molecule has 0 saturated carbocycles. The standard InChI is InChI=1S/C24H29NO3/c1-2-11-23(17-26)12-13-24(16-18-6-4-3-5-7-18)21-9-8-20(27)15-19(21)10-14-25(24)22(23)28/h3-9,15,26-27H,2,10-14,16-17H2,1H3/t23-,24-/m0/s1. The summed E-state index contributed by atoms with van der Waals surface area (Å²) in [7, 11) is 0. The van der Waals surface area contributed by atoms with E-state index in [-0.39, 0.29) is 18.3 Å². The van der Waals surface area contributed by atoms with Gasteiger partial charge in [0.2, 0.25) is 5.91 Å². The number of carbonyl (C=O) groups excluding carboxylic acids is 1. The van der Waals surface area contributed by atoms with E-state index < -0.39 is 11.0 Å². The van der Waals surface area contributed by atoms with Crippen molar-refractivity contribution in [3.8, 4) is 5.75 Å². The number of phenolic OH excluding ortho intramolecular Hbond substituents is 1. The molecule has 4 heteroatoms. The van der Waals surface area contributed by atoms with Crippen LogP contribution in [0.15, 0.2) is 48.5 Å². The molecule has 1 saturated heterocycles. The van der Waals surface area contributed by atoms with E-state index in [2.05, 4.69) is 24.0 Å². The van der Waals surface area contributed by atoms with Crippen LogP contribution >= 0.6 is 0 Å². The summed E-state index contributed by atoms with van der Waals surface area (Å²) in [5.41, 5.74) is 2.42. The Morgan fingerprint density at radius 1 is 1.11 bits per heavy atom. The van der Waals surface area contributed by atoms with Crippen LogP contribution in [-0.4, -0.2) is 34.2 Å². The number of carbonyl (C=O) groups is 1. The number of nitrogens with zero attached hydrogens (tertiary/aromatic N) is 1. The normalized spacial score (nSPS) is 26.6. The molecule has 2 atom stereocenters. The van der Waals surface area contributed by atoms with Crippen LogP contribution in [0, 0.1) is 5.41 Å². The van der Waals surface area contributed by atoms with E-state index in [4.69, 9.17) is 0 Å². The molecule has 0 unspecified atom stereocenters. The number of hydrogen-bond donors (Lipinski definition) is 2. The molecule has 1 fully saturated rings. The molecule has 2 aromatic carbocycles. The largest absolute Gasteiger partial charge is 0.508 e. The summed E-state index contributed by atoms with van der Waals surface area (Å²) in [6, 6.07) is 15.9. The van der Waals surface area contributed by atoms with Crippen LogP contribution in [0.4, 0.5) is 0 Å². The lowest BCUT2D eigenvalue weighted by Crippen LogP contribution is -2.63. The molecule has 148 valence electrons. The van der Waals surface area contributed by atoms with Crippen LogP contribution in [-0.2, 0) is 23.2 Å². The highest BCUT2D eigenvalue weighted by Gasteiger charge is 2.55. The maximum Gasteiger partial charge on any atom is 0.231 e. The first-order valence-corrected chi connectivity index (χ1v) is 10.3. The second kappa shape index (κ2) is 7.25. The van der Waals surface area contributed by atoms with Crippen LogP contribution in [0.3, 0.4) is 0 Å². The van der Waals surface area contributed by atoms with Crippen molar-refractivity contribution in [1.82, 2.24) is 4.90 Å². The fraction of sp³-hybridized carbons (Fsp3) is 0.458. The van der Waals surface area contributed by atoms with E-state index in [0.29, 0.717) is 13.0 Å². The summed E-state index contributed by atoms with van der Waals surface area (Å²) in [5.74, 6) is 0.373. The fourth-order valence-electron chi connectivity index (χ4n) is 5.39. The molecule has 0 aliphatic carbocycles. The Morgan fingerprint density at radius 2 is 1.89 bits per heavy atom.